The zero-order chi connectivity index (χ0) is 72.8. The van der Waals surface area contributed by atoms with Crippen LogP contribution < -0.4 is 0 Å². The summed E-state index contributed by atoms with van der Waals surface area (Å²) in [5.74, 6) is 9.87. The molecule has 544 valence electrons. The summed E-state index contributed by atoms with van der Waals surface area (Å²) in [6.07, 6.45) is 34.7. The summed E-state index contributed by atoms with van der Waals surface area (Å²) >= 11 is 0. The highest BCUT2D eigenvalue weighted by atomic mass is 14.7. The molecule has 0 bridgehead atoms. The maximum absolute atomic E-state index is 5.21. The first-order chi connectivity index (χ1) is 53.5. The lowest BCUT2D eigenvalue weighted by Crippen LogP contribution is -2.52. The van der Waals surface area contributed by atoms with Gasteiger partial charge in [-0.1, -0.05) is 240 Å². The Kier molecular flexibility index (Phi) is 17.9. The molecule has 3 nitrogen and oxygen atoms in total. The Morgan fingerprint density at radius 3 is 1.24 bits per heavy atom. The normalized spacial score (nSPS) is 28.2. The van der Waals surface area contributed by atoms with Gasteiger partial charge in [-0.25, -0.2) is 0 Å². The summed E-state index contributed by atoms with van der Waals surface area (Å²) in [4.78, 5) is 14.6. The molecule has 3 heterocycles. The van der Waals surface area contributed by atoms with Crippen LogP contribution >= 0.6 is 0 Å². The standard InChI is InChI=1S/C106H105N3/c1-104-56-13-20-98(104)96-50-47-88-66-82(54-59-106(88,3)100(96)55-57-104)71-27-29-72(30-28-71)83-45-52-103(109-68-83)79-41-35-76(36-42-79)94-48-43-80(69-23-25-70(26-24-69)81-53-58-105(2)87(65-81)46-49-95-91-19-12-14-73(91)44-51-99(95)105)67-97(94)86-63-84(92-17-6-4-15-89(92)74-31-37-77(38-32-74)101-21-8-10-60-107-101)62-85(64-86)93-18-7-5-16-90(93)75-33-39-78(40-34-75)102-22-9-11-61-108-102/h4-11,15-18,21-43,45,48,52,60-64,67-68,73,81-82,87-88,91,95-96,98-100H,12-14,19-20,44,46-47,49-51,53-59,65-66H2,1-3H3/t73-,81?,82?,87-,88-,91+,95-,96-,98+,99-,100-,104-,105-,106-/m1/s1. The third-order valence-corrected chi connectivity index (χ3v) is 31.0. The van der Waals surface area contributed by atoms with Crippen molar-refractivity contribution < 1.29 is 0 Å². The van der Waals surface area contributed by atoms with Crippen LogP contribution in [0.2, 0.25) is 0 Å². The highest BCUT2D eigenvalue weighted by molar-refractivity contribution is 5.96. The summed E-state index contributed by atoms with van der Waals surface area (Å²) in [6, 6.07) is 96.1. The predicted molar refractivity (Wildman–Crippen MR) is 453 cm³/mol. The van der Waals surface area contributed by atoms with Crippen LogP contribution in [0.25, 0.3) is 123 Å². The SMILES string of the molecule is C[C@]12CCC[C@H]1[C@H]1CC[C@@H]3CC(c4ccc(-c5ccc(-c6ccc(-c7ccc(-c8ccc(C9CC[C@]%10(C)[C@H](CC[C@@H]%11[C@H]%12CCC[C@@H]%12CC[C@H]%11%10)C9)cc8)cc7-c7cc(-c8ccccc8-c8ccc(-c9ccccn9)cc8)cc(-c8ccccc8-c8ccc(-c9ccccn9)cc8)c7)cc6)nc5)cc4)CC[C@@]3(C)[C@@H]1CC2. The summed E-state index contributed by atoms with van der Waals surface area (Å²) in [7, 11) is 0. The van der Waals surface area contributed by atoms with E-state index in [0.717, 1.165) is 115 Å². The van der Waals surface area contributed by atoms with E-state index >= 15 is 0 Å². The average molecular weight is 1420 g/mol. The molecule has 20 rings (SSSR count). The number of aromatic nitrogens is 3. The Hall–Kier alpha value is -9.57. The van der Waals surface area contributed by atoms with Crippen molar-refractivity contribution in [2.24, 2.45) is 69.5 Å². The molecule has 9 aromatic carbocycles. The summed E-state index contributed by atoms with van der Waals surface area (Å²) in [5.41, 5.74) is 29.9. The lowest BCUT2D eigenvalue weighted by atomic mass is 9.44. The number of fused-ring (bicyclic) bond motifs is 10. The Morgan fingerprint density at radius 1 is 0.266 bits per heavy atom. The lowest BCUT2D eigenvalue weighted by molar-refractivity contribution is -0.106. The van der Waals surface area contributed by atoms with Crippen LogP contribution in [0.1, 0.15) is 172 Å². The van der Waals surface area contributed by atoms with Gasteiger partial charge in [0.05, 0.1) is 17.1 Å². The monoisotopic (exact) mass is 1420 g/mol. The first-order valence-corrected chi connectivity index (χ1v) is 42.3. The topological polar surface area (TPSA) is 38.7 Å². The molecule has 8 fully saturated rings. The Bertz CT molecular complexity index is 5110. The predicted octanol–water partition coefficient (Wildman–Crippen LogP) is 28.9. The van der Waals surface area contributed by atoms with E-state index < -0.39 is 0 Å². The van der Waals surface area contributed by atoms with Crippen molar-refractivity contribution in [3.05, 3.63) is 285 Å². The number of rotatable bonds is 13. The molecular weight excluding hydrogens is 1320 g/mol. The van der Waals surface area contributed by atoms with Gasteiger partial charge in [-0.2, -0.15) is 0 Å². The van der Waals surface area contributed by atoms with Crippen molar-refractivity contribution >= 4 is 0 Å². The van der Waals surface area contributed by atoms with Crippen LogP contribution in [-0.4, -0.2) is 15.0 Å². The van der Waals surface area contributed by atoms with Gasteiger partial charge in [-0.05, 0) is 340 Å². The van der Waals surface area contributed by atoms with Crippen molar-refractivity contribution in [2.45, 2.75) is 161 Å². The summed E-state index contributed by atoms with van der Waals surface area (Å²) in [5, 5.41) is 0. The molecule has 0 radical (unpaired) electrons. The first kappa shape index (κ1) is 68.7. The van der Waals surface area contributed by atoms with Crippen LogP contribution in [0.4, 0.5) is 0 Å². The second kappa shape index (κ2) is 28.4. The molecule has 0 spiro atoms. The Labute approximate surface area is 648 Å². The van der Waals surface area contributed by atoms with Crippen molar-refractivity contribution in [2.75, 3.05) is 0 Å². The minimum absolute atomic E-state index is 0.505. The van der Waals surface area contributed by atoms with Gasteiger partial charge in [0.25, 0.3) is 0 Å². The van der Waals surface area contributed by atoms with Crippen LogP contribution in [-0.2, 0) is 0 Å². The van der Waals surface area contributed by atoms with E-state index in [1.165, 1.54) is 201 Å². The van der Waals surface area contributed by atoms with Gasteiger partial charge in [0.1, 0.15) is 0 Å². The molecular formula is C106H105N3. The van der Waals surface area contributed by atoms with E-state index in [1.807, 2.05) is 24.5 Å². The van der Waals surface area contributed by atoms with E-state index in [4.69, 9.17) is 15.0 Å². The molecule has 0 N–H and O–H groups in total. The van der Waals surface area contributed by atoms with E-state index in [-0.39, 0.29) is 0 Å². The van der Waals surface area contributed by atoms with Crippen molar-refractivity contribution in [1.82, 2.24) is 15.0 Å². The Balaban J connectivity index is 0.634. The molecule has 3 aromatic heterocycles. The van der Waals surface area contributed by atoms with Gasteiger partial charge >= 0.3 is 0 Å². The third-order valence-electron chi connectivity index (χ3n) is 31.0. The summed E-state index contributed by atoms with van der Waals surface area (Å²) < 4.78 is 0. The van der Waals surface area contributed by atoms with Crippen LogP contribution in [0, 0.1) is 69.5 Å². The van der Waals surface area contributed by atoms with Crippen LogP contribution in [0.3, 0.4) is 0 Å². The maximum Gasteiger partial charge on any atom is 0.0702 e. The number of hydrogen-bond acceptors (Lipinski definition) is 3. The number of nitrogens with zero attached hydrogens (tertiary/aromatic N) is 3. The summed E-state index contributed by atoms with van der Waals surface area (Å²) in [6.45, 7) is 8.15. The largest absolute Gasteiger partial charge is 0.256 e. The molecule has 109 heavy (non-hydrogen) atoms. The van der Waals surface area contributed by atoms with Gasteiger partial charge in [-0.15, -0.1) is 0 Å². The number of pyridine rings is 3. The van der Waals surface area contributed by atoms with Crippen LogP contribution in [0.15, 0.2) is 273 Å². The van der Waals surface area contributed by atoms with Gasteiger partial charge in [-0.3, -0.25) is 15.0 Å². The Morgan fingerprint density at radius 2 is 0.716 bits per heavy atom. The molecule has 0 saturated heterocycles. The molecule has 8 aliphatic rings. The second-order valence-electron chi connectivity index (χ2n) is 36.2. The molecule has 8 saturated carbocycles. The molecule has 14 atom stereocenters. The lowest BCUT2D eigenvalue weighted by Gasteiger charge is -2.60. The molecule has 2 unspecified atom stereocenters. The van der Waals surface area contributed by atoms with Crippen molar-refractivity contribution in [3.63, 3.8) is 0 Å². The van der Waals surface area contributed by atoms with Gasteiger partial charge in [0, 0.05) is 40.8 Å². The van der Waals surface area contributed by atoms with Crippen LogP contribution in [0.5, 0.6) is 0 Å². The van der Waals surface area contributed by atoms with E-state index in [2.05, 4.69) is 270 Å². The smallest absolute Gasteiger partial charge is 0.0702 e. The quantitative estimate of drug-likeness (QED) is 0.115. The molecule has 0 amide bonds. The molecule has 0 aliphatic heterocycles. The zero-order valence-corrected chi connectivity index (χ0v) is 64.3. The van der Waals surface area contributed by atoms with Gasteiger partial charge in [0.2, 0.25) is 0 Å². The first-order valence-electron chi connectivity index (χ1n) is 42.3. The van der Waals surface area contributed by atoms with E-state index in [1.54, 1.807) is 0 Å². The number of benzene rings is 9. The third kappa shape index (κ3) is 12.6. The minimum atomic E-state index is 0.505. The molecule has 12 aromatic rings. The van der Waals surface area contributed by atoms with Gasteiger partial charge < -0.3 is 0 Å². The average Bonchev–Trinajstić information content (AvgIpc) is 1.72. The van der Waals surface area contributed by atoms with Crippen molar-refractivity contribution in [1.29, 1.82) is 0 Å². The fraction of sp³-hybridized carbons (Fsp3) is 0.349. The molecule has 3 heteroatoms. The maximum atomic E-state index is 5.21. The molecule has 8 aliphatic carbocycles. The highest BCUT2D eigenvalue weighted by Crippen LogP contribution is 2.68. The fourth-order valence-electron chi connectivity index (χ4n) is 25.2. The van der Waals surface area contributed by atoms with Gasteiger partial charge in [0.15, 0.2) is 0 Å². The minimum Gasteiger partial charge on any atom is -0.256 e. The number of hydrogen-bond donors (Lipinski definition) is 0. The van der Waals surface area contributed by atoms with E-state index in [9.17, 15) is 0 Å². The van der Waals surface area contributed by atoms with E-state index in [0.29, 0.717) is 28.1 Å². The highest BCUT2D eigenvalue weighted by Gasteiger charge is 2.59. The fourth-order valence-corrected chi connectivity index (χ4v) is 25.2. The zero-order valence-electron chi connectivity index (χ0n) is 64.3. The second-order valence-corrected chi connectivity index (χ2v) is 36.2. The van der Waals surface area contributed by atoms with Crippen molar-refractivity contribution in [3.8, 4) is 123 Å².